The van der Waals surface area contributed by atoms with Crippen LogP contribution in [0.1, 0.15) is 15.2 Å². The minimum atomic E-state index is -0.472. The van der Waals surface area contributed by atoms with Crippen molar-refractivity contribution in [1.29, 1.82) is 0 Å². The lowest BCUT2D eigenvalue weighted by molar-refractivity contribution is -0.115. The van der Waals surface area contributed by atoms with Crippen molar-refractivity contribution in [3.05, 3.63) is 50.6 Å². The Morgan fingerprint density at radius 1 is 1.25 bits per heavy atom. The highest BCUT2D eigenvalue weighted by Gasteiger charge is 2.13. The third-order valence-corrected chi connectivity index (χ3v) is 4.19. The number of ether oxygens (including phenoxy) is 1. The number of para-hydroxylation sites is 1. The van der Waals surface area contributed by atoms with Gasteiger partial charge in [-0.05, 0) is 40.2 Å². The summed E-state index contributed by atoms with van der Waals surface area (Å²) in [5.41, 5.74) is 0.802. The summed E-state index contributed by atoms with van der Waals surface area (Å²) in [7, 11) is 1.31. The van der Waals surface area contributed by atoms with Gasteiger partial charge < -0.3 is 10.1 Å². The summed E-state index contributed by atoms with van der Waals surface area (Å²) >= 11 is 4.86. The summed E-state index contributed by atoms with van der Waals surface area (Å²) in [6, 6.07) is 10.6. The van der Waals surface area contributed by atoms with Crippen molar-refractivity contribution in [2.24, 2.45) is 0 Å². The first kappa shape index (κ1) is 14.7. The number of thiophene rings is 1. The average molecular weight is 354 g/mol. The van der Waals surface area contributed by atoms with Crippen LogP contribution in [0.2, 0.25) is 0 Å². The molecule has 2 rings (SSSR count). The van der Waals surface area contributed by atoms with Gasteiger partial charge in [0.25, 0.3) is 0 Å². The second-order valence-corrected chi connectivity index (χ2v) is 6.52. The van der Waals surface area contributed by atoms with Crippen LogP contribution in [-0.4, -0.2) is 19.0 Å². The van der Waals surface area contributed by atoms with E-state index in [-0.39, 0.29) is 12.3 Å². The summed E-state index contributed by atoms with van der Waals surface area (Å²) in [6.45, 7) is 0. The lowest BCUT2D eigenvalue weighted by Crippen LogP contribution is -2.16. The number of esters is 1. The fourth-order valence-corrected chi connectivity index (χ4v) is 3.16. The molecular formula is C14H12BrNO3S. The van der Waals surface area contributed by atoms with Crippen molar-refractivity contribution in [1.82, 2.24) is 0 Å². The number of amides is 1. The first-order chi connectivity index (χ1) is 9.60. The second-order valence-electron chi connectivity index (χ2n) is 3.97. The molecule has 0 atom stereocenters. The Bertz CT molecular complexity index is 639. The molecule has 0 unspecified atom stereocenters. The maximum Gasteiger partial charge on any atom is 0.339 e. The Kier molecular flexibility index (Phi) is 4.92. The number of halogens is 1. The molecule has 1 heterocycles. The molecule has 0 radical (unpaired) electrons. The maximum absolute atomic E-state index is 12.0. The number of carbonyl (C=O) groups excluding carboxylic acids is 2. The van der Waals surface area contributed by atoms with Crippen molar-refractivity contribution in [3.8, 4) is 0 Å². The smallest absolute Gasteiger partial charge is 0.339 e. The predicted molar refractivity (Wildman–Crippen MR) is 82.1 cm³/mol. The molecule has 2 aromatic rings. The monoisotopic (exact) mass is 353 g/mol. The number of benzene rings is 1. The number of carbonyl (C=O) groups is 2. The largest absolute Gasteiger partial charge is 0.465 e. The van der Waals surface area contributed by atoms with Gasteiger partial charge in [-0.15, -0.1) is 11.3 Å². The molecule has 6 heteroatoms. The second kappa shape index (κ2) is 6.67. The van der Waals surface area contributed by atoms with Crippen LogP contribution in [0.4, 0.5) is 5.69 Å². The lowest BCUT2D eigenvalue weighted by Gasteiger charge is -2.08. The Hall–Kier alpha value is -1.66. The zero-order valence-corrected chi connectivity index (χ0v) is 13.1. The van der Waals surface area contributed by atoms with Gasteiger partial charge in [-0.1, -0.05) is 12.1 Å². The molecule has 1 aromatic carbocycles. The summed E-state index contributed by atoms with van der Waals surface area (Å²) in [4.78, 5) is 24.5. The van der Waals surface area contributed by atoms with Crippen molar-refractivity contribution < 1.29 is 14.3 Å². The summed E-state index contributed by atoms with van der Waals surface area (Å²) < 4.78 is 5.67. The van der Waals surface area contributed by atoms with E-state index in [1.165, 1.54) is 18.4 Å². The zero-order chi connectivity index (χ0) is 14.5. The molecule has 0 aliphatic carbocycles. The highest BCUT2D eigenvalue weighted by molar-refractivity contribution is 9.11. The number of hydrogen-bond acceptors (Lipinski definition) is 4. The van der Waals surface area contributed by atoms with Crippen LogP contribution >= 0.6 is 27.3 Å². The van der Waals surface area contributed by atoms with Gasteiger partial charge in [0.05, 0.1) is 28.6 Å². The standard InChI is InChI=1S/C14H12BrNO3S/c1-19-14(18)10-4-2-3-5-11(10)16-13(17)8-9-6-7-12(15)20-9/h2-7H,8H2,1H3,(H,16,17). The Balaban J connectivity index is 2.10. The molecule has 1 amide bonds. The van der Waals surface area contributed by atoms with Crippen LogP contribution in [0.25, 0.3) is 0 Å². The molecule has 0 bridgehead atoms. The van der Waals surface area contributed by atoms with Gasteiger partial charge in [0.1, 0.15) is 0 Å². The van der Waals surface area contributed by atoms with E-state index >= 15 is 0 Å². The number of anilines is 1. The van der Waals surface area contributed by atoms with Crippen LogP contribution in [0.5, 0.6) is 0 Å². The minimum Gasteiger partial charge on any atom is -0.465 e. The Labute approximate surface area is 128 Å². The van der Waals surface area contributed by atoms with Crippen molar-refractivity contribution in [3.63, 3.8) is 0 Å². The van der Waals surface area contributed by atoms with E-state index in [1.807, 2.05) is 12.1 Å². The molecule has 0 saturated carbocycles. The predicted octanol–water partition coefficient (Wildman–Crippen LogP) is 3.48. The molecule has 0 aliphatic heterocycles. The van der Waals surface area contributed by atoms with Crippen LogP contribution in [-0.2, 0) is 16.0 Å². The van der Waals surface area contributed by atoms with Gasteiger partial charge in [0, 0.05) is 4.88 Å². The molecule has 0 aliphatic rings. The van der Waals surface area contributed by atoms with Crippen LogP contribution < -0.4 is 5.32 Å². The van der Waals surface area contributed by atoms with E-state index in [9.17, 15) is 9.59 Å². The Morgan fingerprint density at radius 2 is 2.00 bits per heavy atom. The number of hydrogen-bond donors (Lipinski definition) is 1. The molecule has 0 saturated heterocycles. The van der Waals surface area contributed by atoms with E-state index in [2.05, 4.69) is 26.0 Å². The van der Waals surface area contributed by atoms with Gasteiger partial charge in [0.2, 0.25) is 5.91 Å². The fourth-order valence-electron chi connectivity index (χ4n) is 1.68. The van der Waals surface area contributed by atoms with Crippen molar-refractivity contribution >= 4 is 44.8 Å². The molecule has 104 valence electrons. The van der Waals surface area contributed by atoms with E-state index in [4.69, 9.17) is 0 Å². The third kappa shape index (κ3) is 3.68. The first-order valence-electron chi connectivity index (χ1n) is 5.81. The van der Waals surface area contributed by atoms with Gasteiger partial charge in [-0.2, -0.15) is 0 Å². The van der Waals surface area contributed by atoms with E-state index in [1.54, 1.807) is 24.3 Å². The molecule has 0 fully saturated rings. The van der Waals surface area contributed by atoms with Crippen molar-refractivity contribution in [2.45, 2.75) is 6.42 Å². The minimum absolute atomic E-state index is 0.171. The topological polar surface area (TPSA) is 55.4 Å². The maximum atomic E-state index is 12.0. The van der Waals surface area contributed by atoms with Gasteiger partial charge in [0.15, 0.2) is 0 Å². The van der Waals surface area contributed by atoms with Crippen molar-refractivity contribution in [2.75, 3.05) is 12.4 Å². The number of rotatable bonds is 4. The lowest BCUT2D eigenvalue weighted by atomic mass is 10.1. The highest BCUT2D eigenvalue weighted by atomic mass is 79.9. The average Bonchev–Trinajstić information content (AvgIpc) is 2.83. The fraction of sp³-hybridized carbons (Fsp3) is 0.143. The van der Waals surface area contributed by atoms with Crippen LogP contribution in [0.15, 0.2) is 40.2 Å². The summed E-state index contributed by atoms with van der Waals surface area (Å²) in [6.07, 6.45) is 0.270. The highest BCUT2D eigenvalue weighted by Crippen LogP contribution is 2.23. The van der Waals surface area contributed by atoms with E-state index < -0.39 is 5.97 Å². The van der Waals surface area contributed by atoms with Crippen LogP contribution in [0, 0.1) is 0 Å². The van der Waals surface area contributed by atoms with E-state index in [0.29, 0.717) is 11.3 Å². The van der Waals surface area contributed by atoms with Gasteiger partial charge in [-0.3, -0.25) is 4.79 Å². The molecular weight excluding hydrogens is 342 g/mol. The zero-order valence-electron chi connectivity index (χ0n) is 10.7. The molecule has 20 heavy (non-hydrogen) atoms. The molecule has 1 N–H and O–H groups in total. The van der Waals surface area contributed by atoms with Gasteiger partial charge >= 0.3 is 5.97 Å². The first-order valence-corrected chi connectivity index (χ1v) is 7.42. The third-order valence-electron chi connectivity index (χ3n) is 2.57. The van der Waals surface area contributed by atoms with E-state index in [0.717, 1.165) is 8.66 Å². The number of methoxy groups -OCH3 is 1. The molecule has 4 nitrogen and oxygen atoms in total. The normalized spacial score (nSPS) is 10.1. The van der Waals surface area contributed by atoms with Crippen LogP contribution in [0.3, 0.4) is 0 Å². The quantitative estimate of drug-likeness (QED) is 0.856. The van der Waals surface area contributed by atoms with Gasteiger partial charge in [-0.25, -0.2) is 4.79 Å². The summed E-state index contributed by atoms with van der Waals surface area (Å²) in [5, 5.41) is 2.74. The SMILES string of the molecule is COC(=O)c1ccccc1NC(=O)Cc1ccc(Br)s1. The summed E-state index contributed by atoms with van der Waals surface area (Å²) in [5.74, 6) is -0.643. The molecule has 1 aromatic heterocycles. The Morgan fingerprint density at radius 3 is 2.65 bits per heavy atom. The molecule has 0 spiro atoms. The number of nitrogens with one attached hydrogen (secondary N) is 1.